The van der Waals surface area contributed by atoms with E-state index in [0.717, 1.165) is 17.0 Å². The van der Waals surface area contributed by atoms with Crippen LogP contribution in [0.15, 0.2) is 42.9 Å². The second-order valence-corrected chi connectivity index (χ2v) is 8.67. The Balaban J connectivity index is 1.16. The number of carbonyl (C=O) groups excluding carboxylic acids is 1. The average Bonchev–Trinajstić information content (AvgIpc) is 3.56. The average molecular weight is 489 g/mol. The molecule has 5 heterocycles. The summed E-state index contributed by atoms with van der Waals surface area (Å²) in [6.45, 7) is 8.23. The largest absolute Gasteiger partial charge is 0.337 e. The summed E-state index contributed by atoms with van der Waals surface area (Å²) in [7, 11) is 0. The first-order chi connectivity index (χ1) is 17.4. The number of hydrogen-bond acceptors (Lipinski definition) is 9. The SMILES string of the molecule is Cc1cc(Nc2cc(C)[nH]n2)nc(N2CCN(C(=O)NC(C)c3ccc(-n4nccn4)nc3)CC2)n1. The Morgan fingerprint density at radius 2 is 1.81 bits per heavy atom. The van der Waals surface area contributed by atoms with Gasteiger partial charge in [-0.3, -0.25) is 5.10 Å². The van der Waals surface area contributed by atoms with Crippen LogP contribution >= 0.6 is 0 Å². The quantitative estimate of drug-likeness (QED) is 0.371. The second kappa shape index (κ2) is 9.98. The zero-order valence-electron chi connectivity index (χ0n) is 20.4. The number of amides is 2. The summed E-state index contributed by atoms with van der Waals surface area (Å²) in [6.07, 6.45) is 4.92. The predicted octanol–water partition coefficient (Wildman–Crippen LogP) is 2.13. The van der Waals surface area contributed by atoms with Crippen molar-refractivity contribution in [2.75, 3.05) is 36.4 Å². The molecule has 0 aromatic carbocycles. The molecule has 1 aliphatic heterocycles. The van der Waals surface area contributed by atoms with Crippen LogP contribution in [0, 0.1) is 13.8 Å². The Bertz CT molecular complexity index is 1310. The van der Waals surface area contributed by atoms with Crippen LogP contribution in [0.5, 0.6) is 0 Å². The van der Waals surface area contributed by atoms with Gasteiger partial charge in [0.1, 0.15) is 5.82 Å². The number of hydrogen-bond donors (Lipinski definition) is 3. The summed E-state index contributed by atoms with van der Waals surface area (Å²) in [6, 6.07) is 7.24. The van der Waals surface area contributed by atoms with E-state index < -0.39 is 0 Å². The third-order valence-corrected chi connectivity index (χ3v) is 5.89. The molecular weight excluding hydrogens is 460 g/mol. The number of aromatic amines is 1. The number of H-pyrrole nitrogens is 1. The van der Waals surface area contributed by atoms with Crippen LogP contribution in [-0.2, 0) is 0 Å². The Hall–Kier alpha value is -4.55. The first kappa shape index (κ1) is 23.2. The predicted molar refractivity (Wildman–Crippen MR) is 133 cm³/mol. The van der Waals surface area contributed by atoms with E-state index in [1.807, 2.05) is 49.9 Å². The van der Waals surface area contributed by atoms with Crippen molar-refractivity contribution in [2.24, 2.45) is 0 Å². The molecule has 4 aromatic rings. The van der Waals surface area contributed by atoms with Gasteiger partial charge in [-0.25, -0.2) is 14.8 Å². The van der Waals surface area contributed by atoms with Crippen LogP contribution in [-0.4, -0.2) is 77.3 Å². The second-order valence-electron chi connectivity index (χ2n) is 8.67. The molecule has 0 saturated carbocycles. The van der Waals surface area contributed by atoms with Crippen LogP contribution < -0.4 is 15.5 Å². The highest BCUT2D eigenvalue weighted by Crippen LogP contribution is 2.19. The number of carbonyl (C=O) groups is 1. The summed E-state index contributed by atoms with van der Waals surface area (Å²) >= 11 is 0. The van der Waals surface area contributed by atoms with E-state index >= 15 is 0 Å². The van der Waals surface area contributed by atoms with Gasteiger partial charge in [-0.1, -0.05) is 6.07 Å². The minimum absolute atomic E-state index is 0.110. The molecule has 1 aliphatic rings. The highest BCUT2D eigenvalue weighted by atomic mass is 16.2. The van der Waals surface area contributed by atoms with Gasteiger partial charge in [-0.05, 0) is 32.4 Å². The number of aromatic nitrogens is 8. The molecule has 1 atom stereocenters. The Morgan fingerprint density at radius 3 is 2.47 bits per heavy atom. The van der Waals surface area contributed by atoms with Gasteiger partial charge < -0.3 is 20.4 Å². The minimum atomic E-state index is -0.193. The Kier molecular flexibility index (Phi) is 6.43. The maximum Gasteiger partial charge on any atom is 0.317 e. The molecule has 13 nitrogen and oxygen atoms in total. The molecule has 1 fully saturated rings. The third kappa shape index (κ3) is 5.24. The van der Waals surface area contributed by atoms with Gasteiger partial charge in [0.05, 0.1) is 18.4 Å². The molecule has 0 aliphatic carbocycles. The number of anilines is 3. The van der Waals surface area contributed by atoms with Crippen molar-refractivity contribution in [3.63, 3.8) is 0 Å². The lowest BCUT2D eigenvalue weighted by Crippen LogP contribution is -2.52. The fraction of sp³-hybridized carbons (Fsp3) is 0.348. The maximum atomic E-state index is 12.9. The van der Waals surface area contributed by atoms with E-state index in [-0.39, 0.29) is 12.1 Å². The molecule has 0 radical (unpaired) electrons. The normalized spacial score (nSPS) is 14.5. The van der Waals surface area contributed by atoms with Crippen molar-refractivity contribution in [3.8, 4) is 5.82 Å². The number of aryl methyl sites for hydroxylation is 2. The Morgan fingerprint density at radius 1 is 1.03 bits per heavy atom. The van der Waals surface area contributed by atoms with Gasteiger partial charge in [0.15, 0.2) is 11.6 Å². The molecule has 186 valence electrons. The lowest BCUT2D eigenvalue weighted by molar-refractivity contribution is 0.191. The molecule has 13 heteroatoms. The summed E-state index contributed by atoms with van der Waals surface area (Å²) < 4.78 is 0. The Labute approximate surface area is 208 Å². The van der Waals surface area contributed by atoms with Crippen LogP contribution in [0.4, 0.5) is 22.4 Å². The molecule has 4 aromatic heterocycles. The highest BCUT2D eigenvalue weighted by Gasteiger charge is 2.24. The number of urea groups is 1. The van der Waals surface area contributed by atoms with Crippen LogP contribution in [0.3, 0.4) is 0 Å². The van der Waals surface area contributed by atoms with Crippen molar-refractivity contribution in [1.82, 2.24) is 50.4 Å². The van der Waals surface area contributed by atoms with Gasteiger partial charge in [-0.15, -0.1) is 4.80 Å². The van der Waals surface area contributed by atoms with Crippen molar-refractivity contribution in [1.29, 1.82) is 0 Å². The number of nitrogens with zero attached hydrogens (tertiary/aromatic N) is 9. The first-order valence-corrected chi connectivity index (χ1v) is 11.7. The number of rotatable bonds is 6. The maximum absolute atomic E-state index is 12.9. The zero-order chi connectivity index (χ0) is 25.1. The molecule has 2 amide bonds. The third-order valence-electron chi connectivity index (χ3n) is 5.89. The fourth-order valence-electron chi connectivity index (χ4n) is 3.95. The van der Waals surface area contributed by atoms with Crippen molar-refractivity contribution in [3.05, 3.63) is 59.8 Å². The van der Waals surface area contributed by atoms with E-state index in [0.29, 0.717) is 49.6 Å². The van der Waals surface area contributed by atoms with Gasteiger partial charge in [-0.2, -0.15) is 20.3 Å². The number of nitrogens with one attached hydrogen (secondary N) is 3. The molecule has 3 N–H and O–H groups in total. The fourth-order valence-corrected chi connectivity index (χ4v) is 3.95. The summed E-state index contributed by atoms with van der Waals surface area (Å²) in [4.78, 5) is 31.9. The standard InChI is InChI=1S/C23H28N12O/c1-15-12-19(29-20-13-16(2)31-32-20)30-22(27-15)33-8-10-34(11-9-33)23(36)28-17(3)18-4-5-21(24-14-18)35-25-6-7-26-35/h4-7,12-14,17H,8-11H2,1-3H3,(H,28,36)(H2,27,29,30,31,32). The van der Waals surface area contributed by atoms with Gasteiger partial charge >= 0.3 is 6.03 Å². The molecule has 1 saturated heterocycles. The molecule has 0 bridgehead atoms. The highest BCUT2D eigenvalue weighted by molar-refractivity contribution is 5.75. The topological polar surface area (TPSA) is 146 Å². The molecule has 36 heavy (non-hydrogen) atoms. The summed E-state index contributed by atoms with van der Waals surface area (Å²) in [5.74, 6) is 2.64. The van der Waals surface area contributed by atoms with Gasteiger partial charge in [0.25, 0.3) is 0 Å². The van der Waals surface area contributed by atoms with Crippen molar-refractivity contribution >= 4 is 23.6 Å². The van der Waals surface area contributed by atoms with E-state index in [2.05, 4.69) is 50.9 Å². The van der Waals surface area contributed by atoms with Crippen molar-refractivity contribution in [2.45, 2.75) is 26.8 Å². The summed E-state index contributed by atoms with van der Waals surface area (Å²) in [5, 5.41) is 21.5. The van der Waals surface area contributed by atoms with E-state index in [9.17, 15) is 4.79 Å². The van der Waals surface area contributed by atoms with E-state index in [1.54, 1.807) is 18.6 Å². The smallest absolute Gasteiger partial charge is 0.317 e. The lowest BCUT2D eigenvalue weighted by atomic mass is 10.1. The lowest BCUT2D eigenvalue weighted by Gasteiger charge is -2.35. The van der Waals surface area contributed by atoms with E-state index in [1.165, 1.54) is 4.80 Å². The molecule has 0 spiro atoms. The van der Waals surface area contributed by atoms with Crippen LogP contribution in [0.25, 0.3) is 5.82 Å². The monoisotopic (exact) mass is 488 g/mol. The van der Waals surface area contributed by atoms with Crippen LogP contribution in [0.2, 0.25) is 0 Å². The number of pyridine rings is 1. The number of piperazine rings is 1. The van der Waals surface area contributed by atoms with E-state index in [4.69, 9.17) is 0 Å². The minimum Gasteiger partial charge on any atom is -0.337 e. The van der Waals surface area contributed by atoms with Gasteiger partial charge in [0, 0.05) is 55.9 Å². The molecule has 1 unspecified atom stereocenters. The van der Waals surface area contributed by atoms with Crippen LogP contribution in [0.1, 0.15) is 29.9 Å². The van der Waals surface area contributed by atoms with Crippen molar-refractivity contribution < 1.29 is 4.79 Å². The molecular formula is C23H28N12O. The zero-order valence-corrected chi connectivity index (χ0v) is 20.4. The van der Waals surface area contributed by atoms with Gasteiger partial charge in [0.2, 0.25) is 5.95 Å². The molecule has 5 rings (SSSR count). The summed E-state index contributed by atoms with van der Waals surface area (Å²) in [5.41, 5.74) is 2.72. The first-order valence-electron chi connectivity index (χ1n) is 11.7.